The van der Waals surface area contributed by atoms with E-state index in [1.807, 2.05) is 38.1 Å². The molecule has 0 aliphatic rings. The van der Waals surface area contributed by atoms with Crippen molar-refractivity contribution >= 4 is 0 Å². The Kier molecular flexibility index (Phi) is 3.49. The molecule has 0 saturated heterocycles. The van der Waals surface area contributed by atoms with Crippen molar-refractivity contribution in [1.29, 1.82) is 0 Å². The van der Waals surface area contributed by atoms with E-state index in [4.69, 9.17) is 9.15 Å². The molecule has 0 bridgehead atoms. The van der Waals surface area contributed by atoms with Crippen molar-refractivity contribution in [2.75, 3.05) is 0 Å². The summed E-state index contributed by atoms with van der Waals surface area (Å²) in [6.07, 6.45) is 2.54. The lowest BCUT2D eigenvalue weighted by molar-refractivity contribution is 0.215. The van der Waals surface area contributed by atoms with Crippen molar-refractivity contribution in [2.45, 2.75) is 26.1 Å². The van der Waals surface area contributed by atoms with Crippen LogP contribution in [0.15, 0.2) is 47.3 Å². The minimum atomic E-state index is -0.676. The van der Waals surface area contributed by atoms with E-state index < -0.39 is 6.10 Å². The summed E-state index contributed by atoms with van der Waals surface area (Å²) in [5, 5.41) is 10.1. The minimum absolute atomic E-state index is 0.122. The second-order valence-electron chi connectivity index (χ2n) is 4.20. The Morgan fingerprint density at radius 3 is 2.65 bits per heavy atom. The lowest BCUT2D eigenvalue weighted by Gasteiger charge is -2.13. The van der Waals surface area contributed by atoms with Gasteiger partial charge in [0.25, 0.3) is 0 Å². The first kappa shape index (κ1) is 11.7. The molecule has 2 aromatic rings. The van der Waals surface area contributed by atoms with Gasteiger partial charge in [0.2, 0.25) is 0 Å². The molecular weight excluding hydrogens is 216 g/mol. The molecular formula is C14H16O3. The fraction of sp³-hybridized carbons (Fsp3) is 0.286. The molecule has 0 unspecified atom stereocenters. The molecule has 3 heteroatoms. The number of aliphatic hydroxyl groups is 1. The Bertz CT molecular complexity index is 460. The number of aliphatic hydroxyl groups excluding tert-OH is 1. The number of hydrogen-bond donors (Lipinski definition) is 1. The third-order valence-corrected chi connectivity index (χ3v) is 2.40. The third kappa shape index (κ3) is 2.88. The van der Waals surface area contributed by atoms with Crippen LogP contribution in [0.2, 0.25) is 0 Å². The average molecular weight is 232 g/mol. The number of rotatable bonds is 4. The van der Waals surface area contributed by atoms with Gasteiger partial charge in [0.05, 0.1) is 18.6 Å². The van der Waals surface area contributed by atoms with Crippen LogP contribution in [0, 0.1) is 0 Å². The fourth-order valence-corrected chi connectivity index (χ4v) is 1.65. The normalized spacial score (nSPS) is 12.7. The Morgan fingerprint density at radius 2 is 2.00 bits per heavy atom. The summed E-state index contributed by atoms with van der Waals surface area (Å²) in [5.41, 5.74) is 1.54. The van der Waals surface area contributed by atoms with Crippen LogP contribution in [0.25, 0.3) is 0 Å². The molecule has 90 valence electrons. The van der Waals surface area contributed by atoms with Gasteiger partial charge >= 0.3 is 0 Å². The van der Waals surface area contributed by atoms with Crippen LogP contribution in [0.3, 0.4) is 0 Å². The minimum Gasteiger partial charge on any atom is -0.491 e. The van der Waals surface area contributed by atoms with E-state index in [2.05, 4.69) is 0 Å². The van der Waals surface area contributed by atoms with E-state index >= 15 is 0 Å². The smallest absolute Gasteiger partial charge is 0.120 e. The van der Waals surface area contributed by atoms with Crippen molar-refractivity contribution < 1.29 is 14.3 Å². The highest BCUT2D eigenvalue weighted by Gasteiger charge is 2.12. The molecule has 0 aliphatic carbocycles. The summed E-state index contributed by atoms with van der Waals surface area (Å²) in [6, 6.07) is 9.21. The largest absolute Gasteiger partial charge is 0.491 e. The zero-order chi connectivity index (χ0) is 12.3. The maximum absolute atomic E-state index is 10.1. The van der Waals surface area contributed by atoms with Gasteiger partial charge in [-0.3, -0.25) is 0 Å². The van der Waals surface area contributed by atoms with E-state index in [9.17, 15) is 5.11 Å². The second-order valence-corrected chi connectivity index (χ2v) is 4.20. The van der Waals surface area contributed by atoms with Crippen LogP contribution in [0.1, 0.15) is 31.1 Å². The van der Waals surface area contributed by atoms with Crippen LogP contribution < -0.4 is 4.74 Å². The molecule has 1 heterocycles. The van der Waals surface area contributed by atoms with E-state index in [-0.39, 0.29) is 6.10 Å². The Balaban J connectivity index is 2.21. The molecule has 0 amide bonds. The quantitative estimate of drug-likeness (QED) is 0.880. The highest BCUT2D eigenvalue weighted by molar-refractivity contribution is 5.34. The molecule has 0 saturated carbocycles. The first-order valence-corrected chi connectivity index (χ1v) is 5.63. The highest BCUT2D eigenvalue weighted by Crippen LogP contribution is 2.25. The molecule has 0 aliphatic heterocycles. The van der Waals surface area contributed by atoms with Gasteiger partial charge in [-0.05, 0) is 37.6 Å². The van der Waals surface area contributed by atoms with Crippen LogP contribution in [0.5, 0.6) is 5.75 Å². The van der Waals surface area contributed by atoms with Crippen molar-refractivity contribution in [3.63, 3.8) is 0 Å². The molecule has 0 spiro atoms. The predicted molar refractivity (Wildman–Crippen MR) is 65.0 cm³/mol. The summed E-state index contributed by atoms with van der Waals surface area (Å²) in [7, 11) is 0. The molecule has 1 atom stereocenters. The van der Waals surface area contributed by atoms with Gasteiger partial charge in [-0.2, -0.15) is 0 Å². The summed E-state index contributed by atoms with van der Waals surface area (Å²) < 4.78 is 10.5. The molecule has 1 aromatic carbocycles. The maximum atomic E-state index is 10.1. The van der Waals surface area contributed by atoms with E-state index in [1.54, 1.807) is 18.6 Å². The van der Waals surface area contributed by atoms with Crippen LogP contribution in [0.4, 0.5) is 0 Å². The van der Waals surface area contributed by atoms with E-state index in [0.717, 1.165) is 16.9 Å². The standard InChI is InChI=1S/C14H16O3/c1-10(2)17-13-5-3-4-11(8-13)14(15)12-6-7-16-9-12/h3-10,14-15H,1-2H3/t14-/m1/s1. The van der Waals surface area contributed by atoms with Gasteiger partial charge in [0, 0.05) is 5.56 Å². The van der Waals surface area contributed by atoms with Crippen molar-refractivity contribution in [2.24, 2.45) is 0 Å². The van der Waals surface area contributed by atoms with Gasteiger partial charge in [0.1, 0.15) is 11.9 Å². The Hall–Kier alpha value is -1.74. The van der Waals surface area contributed by atoms with Gasteiger partial charge in [-0.15, -0.1) is 0 Å². The van der Waals surface area contributed by atoms with Gasteiger partial charge in [0.15, 0.2) is 0 Å². The van der Waals surface area contributed by atoms with Gasteiger partial charge in [-0.25, -0.2) is 0 Å². The molecule has 17 heavy (non-hydrogen) atoms. The zero-order valence-electron chi connectivity index (χ0n) is 9.96. The van der Waals surface area contributed by atoms with E-state index in [1.165, 1.54) is 0 Å². The Morgan fingerprint density at radius 1 is 1.18 bits per heavy atom. The van der Waals surface area contributed by atoms with Crippen molar-refractivity contribution in [3.8, 4) is 5.75 Å². The molecule has 3 nitrogen and oxygen atoms in total. The first-order chi connectivity index (χ1) is 8.16. The fourth-order valence-electron chi connectivity index (χ4n) is 1.65. The lowest BCUT2D eigenvalue weighted by atomic mass is 10.0. The molecule has 1 N–H and O–H groups in total. The highest BCUT2D eigenvalue weighted by atomic mass is 16.5. The first-order valence-electron chi connectivity index (χ1n) is 5.63. The topological polar surface area (TPSA) is 42.6 Å². The van der Waals surface area contributed by atoms with Gasteiger partial charge < -0.3 is 14.3 Å². The summed E-state index contributed by atoms with van der Waals surface area (Å²) in [4.78, 5) is 0. The predicted octanol–water partition coefficient (Wildman–Crippen LogP) is 3.15. The Labute approximate surface area is 101 Å². The zero-order valence-corrected chi connectivity index (χ0v) is 9.96. The number of furan rings is 1. The SMILES string of the molecule is CC(C)Oc1cccc([C@@H](O)c2ccoc2)c1. The summed E-state index contributed by atoms with van der Waals surface area (Å²) in [5.74, 6) is 0.764. The van der Waals surface area contributed by atoms with Crippen molar-refractivity contribution in [1.82, 2.24) is 0 Å². The third-order valence-electron chi connectivity index (χ3n) is 2.40. The van der Waals surface area contributed by atoms with Gasteiger partial charge in [-0.1, -0.05) is 12.1 Å². The van der Waals surface area contributed by atoms with Crippen LogP contribution >= 0.6 is 0 Å². The number of ether oxygens (including phenoxy) is 1. The monoisotopic (exact) mass is 232 g/mol. The summed E-state index contributed by atoms with van der Waals surface area (Å²) in [6.45, 7) is 3.94. The van der Waals surface area contributed by atoms with E-state index in [0.29, 0.717) is 0 Å². The number of hydrogen-bond acceptors (Lipinski definition) is 3. The molecule has 1 aromatic heterocycles. The maximum Gasteiger partial charge on any atom is 0.120 e. The second kappa shape index (κ2) is 5.06. The van der Waals surface area contributed by atoms with Crippen LogP contribution in [-0.4, -0.2) is 11.2 Å². The van der Waals surface area contributed by atoms with Crippen molar-refractivity contribution in [3.05, 3.63) is 54.0 Å². The van der Waals surface area contributed by atoms with Crippen LogP contribution in [-0.2, 0) is 0 Å². The number of benzene rings is 1. The molecule has 0 fully saturated rings. The summed E-state index contributed by atoms with van der Waals surface area (Å²) >= 11 is 0. The molecule has 0 radical (unpaired) electrons. The molecule has 2 rings (SSSR count). The lowest BCUT2D eigenvalue weighted by Crippen LogP contribution is -2.06. The average Bonchev–Trinajstić information content (AvgIpc) is 2.81.